The maximum absolute atomic E-state index is 12.0. The second kappa shape index (κ2) is 8.21. The molecule has 2 N–H and O–H groups in total. The summed E-state index contributed by atoms with van der Waals surface area (Å²) < 4.78 is 4.71. The SMILES string of the molecule is COC(=O)C(CC(C)C)NC(=O)CN1CCC[C@H](O)C1. The van der Waals surface area contributed by atoms with Crippen LogP contribution in [0, 0.1) is 5.92 Å². The molecule has 1 fully saturated rings. The lowest BCUT2D eigenvalue weighted by Gasteiger charge is -2.29. The zero-order chi connectivity index (χ0) is 15.1. The van der Waals surface area contributed by atoms with Crippen LogP contribution >= 0.6 is 0 Å². The van der Waals surface area contributed by atoms with Gasteiger partial charge in [-0.3, -0.25) is 9.69 Å². The third-order valence-corrected chi connectivity index (χ3v) is 3.38. The molecule has 1 amide bonds. The number of ether oxygens (including phenoxy) is 1. The van der Waals surface area contributed by atoms with Crippen molar-refractivity contribution < 1.29 is 19.4 Å². The first-order valence-corrected chi connectivity index (χ1v) is 7.20. The van der Waals surface area contributed by atoms with E-state index in [-0.39, 0.29) is 24.5 Å². The number of carbonyl (C=O) groups is 2. The van der Waals surface area contributed by atoms with Crippen LogP contribution in [0.5, 0.6) is 0 Å². The van der Waals surface area contributed by atoms with Gasteiger partial charge in [0.15, 0.2) is 0 Å². The van der Waals surface area contributed by atoms with Gasteiger partial charge in [-0.25, -0.2) is 4.79 Å². The molecule has 116 valence electrons. The number of nitrogens with one attached hydrogen (secondary N) is 1. The van der Waals surface area contributed by atoms with Crippen LogP contribution < -0.4 is 5.32 Å². The molecular weight excluding hydrogens is 260 g/mol. The number of methoxy groups -OCH3 is 1. The predicted molar refractivity (Wildman–Crippen MR) is 75.1 cm³/mol. The lowest BCUT2D eigenvalue weighted by Crippen LogP contribution is -2.49. The number of likely N-dealkylation sites (tertiary alicyclic amines) is 1. The Morgan fingerprint density at radius 3 is 2.70 bits per heavy atom. The third-order valence-electron chi connectivity index (χ3n) is 3.38. The molecule has 6 nitrogen and oxygen atoms in total. The number of esters is 1. The Kier molecular flexibility index (Phi) is 6.95. The molecule has 1 rings (SSSR count). The topological polar surface area (TPSA) is 78.9 Å². The molecule has 0 bridgehead atoms. The Balaban J connectivity index is 2.46. The van der Waals surface area contributed by atoms with Crippen molar-refractivity contribution in [2.75, 3.05) is 26.7 Å². The highest BCUT2D eigenvalue weighted by atomic mass is 16.5. The lowest BCUT2D eigenvalue weighted by atomic mass is 10.0. The second-order valence-corrected chi connectivity index (χ2v) is 5.80. The fourth-order valence-electron chi connectivity index (χ4n) is 2.45. The summed E-state index contributed by atoms with van der Waals surface area (Å²) in [5, 5.41) is 12.3. The number of hydrogen-bond acceptors (Lipinski definition) is 5. The standard InChI is InChI=1S/C14H26N2O4/c1-10(2)7-12(14(19)20-3)15-13(18)9-16-6-4-5-11(17)8-16/h10-12,17H,4-9H2,1-3H3,(H,15,18)/t11-,12?/m0/s1. The Morgan fingerprint density at radius 2 is 2.15 bits per heavy atom. The molecule has 6 heteroatoms. The summed E-state index contributed by atoms with van der Waals surface area (Å²) in [6.45, 7) is 5.51. The van der Waals surface area contributed by atoms with Gasteiger partial charge in [-0.05, 0) is 31.7 Å². The number of carbonyl (C=O) groups excluding carboxylic acids is 2. The van der Waals surface area contributed by atoms with Gasteiger partial charge in [-0.1, -0.05) is 13.8 Å². The zero-order valence-electron chi connectivity index (χ0n) is 12.6. The summed E-state index contributed by atoms with van der Waals surface area (Å²) >= 11 is 0. The van der Waals surface area contributed by atoms with E-state index in [0.717, 1.165) is 19.4 Å². The summed E-state index contributed by atoms with van der Waals surface area (Å²) in [5.41, 5.74) is 0. The van der Waals surface area contributed by atoms with Gasteiger partial charge in [0.25, 0.3) is 0 Å². The van der Waals surface area contributed by atoms with Gasteiger partial charge in [-0.2, -0.15) is 0 Å². The van der Waals surface area contributed by atoms with Crippen LogP contribution in [0.2, 0.25) is 0 Å². The summed E-state index contributed by atoms with van der Waals surface area (Å²) in [6.07, 6.45) is 1.88. The first-order chi connectivity index (χ1) is 9.42. The Bertz CT molecular complexity index is 333. The van der Waals surface area contributed by atoms with Gasteiger partial charge in [0.05, 0.1) is 19.8 Å². The van der Waals surface area contributed by atoms with Crippen molar-refractivity contribution in [2.24, 2.45) is 5.92 Å². The van der Waals surface area contributed by atoms with Crippen molar-refractivity contribution in [3.05, 3.63) is 0 Å². The third kappa shape index (κ3) is 5.88. The predicted octanol–water partition coefficient (Wildman–Crippen LogP) is 0.147. The van der Waals surface area contributed by atoms with Gasteiger partial charge < -0.3 is 15.2 Å². The molecule has 1 heterocycles. The second-order valence-electron chi connectivity index (χ2n) is 5.80. The van der Waals surface area contributed by atoms with Crippen LogP contribution in [0.3, 0.4) is 0 Å². The molecule has 1 unspecified atom stereocenters. The summed E-state index contributed by atoms with van der Waals surface area (Å²) in [6, 6.07) is -0.595. The van der Waals surface area contributed by atoms with Gasteiger partial charge in [0.1, 0.15) is 6.04 Å². The van der Waals surface area contributed by atoms with Gasteiger partial charge >= 0.3 is 5.97 Å². The van der Waals surface area contributed by atoms with E-state index in [1.807, 2.05) is 18.7 Å². The number of aliphatic hydroxyl groups excluding tert-OH is 1. The Labute approximate surface area is 120 Å². The number of rotatable bonds is 6. The molecule has 0 spiro atoms. The summed E-state index contributed by atoms with van der Waals surface area (Å²) in [5.74, 6) is -0.322. The highest BCUT2D eigenvalue weighted by molar-refractivity contribution is 5.85. The fraction of sp³-hybridized carbons (Fsp3) is 0.857. The minimum Gasteiger partial charge on any atom is -0.467 e. The molecule has 0 aromatic heterocycles. The lowest BCUT2D eigenvalue weighted by molar-refractivity contribution is -0.145. The van der Waals surface area contributed by atoms with Crippen LogP contribution in [0.1, 0.15) is 33.1 Å². The highest BCUT2D eigenvalue weighted by Crippen LogP contribution is 2.10. The van der Waals surface area contributed by atoms with Crippen LogP contribution in [0.25, 0.3) is 0 Å². The average molecular weight is 286 g/mol. The molecule has 2 atom stereocenters. The van der Waals surface area contributed by atoms with Crippen molar-refractivity contribution in [2.45, 2.75) is 45.3 Å². The highest BCUT2D eigenvalue weighted by Gasteiger charge is 2.25. The first kappa shape index (κ1) is 16.9. The van der Waals surface area contributed by atoms with Crippen LogP contribution in [0.4, 0.5) is 0 Å². The largest absolute Gasteiger partial charge is 0.467 e. The van der Waals surface area contributed by atoms with E-state index in [4.69, 9.17) is 4.74 Å². The van der Waals surface area contributed by atoms with Crippen molar-refractivity contribution >= 4 is 11.9 Å². The number of hydrogen-bond donors (Lipinski definition) is 2. The van der Waals surface area contributed by atoms with Crippen molar-refractivity contribution in [1.82, 2.24) is 10.2 Å². The minimum absolute atomic E-state index is 0.199. The van der Waals surface area contributed by atoms with E-state index >= 15 is 0 Å². The fourth-order valence-corrected chi connectivity index (χ4v) is 2.45. The van der Waals surface area contributed by atoms with Gasteiger partial charge in [0, 0.05) is 6.54 Å². The minimum atomic E-state index is -0.595. The van der Waals surface area contributed by atoms with Crippen molar-refractivity contribution in [3.8, 4) is 0 Å². The number of piperidine rings is 1. The number of nitrogens with zero attached hydrogens (tertiary/aromatic N) is 1. The van der Waals surface area contributed by atoms with E-state index in [1.165, 1.54) is 7.11 Å². The smallest absolute Gasteiger partial charge is 0.328 e. The van der Waals surface area contributed by atoms with E-state index in [1.54, 1.807) is 0 Å². The van der Waals surface area contributed by atoms with E-state index in [9.17, 15) is 14.7 Å². The number of aliphatic hydroxyl groups is 1. The molecule has 0 aliphatic carbocycles. The van der Waals surface area contributed by atoms with E-state index < -0.39 is 12.0 Å². The maximum atomic E-state index is 12.0. The van der Waals surface area contributed by atoms with Crippen molar-refractivity contribution in [1.29, 1.82) is 0 Å². The summed E-state index contributed by atoms with van der Waals surface area (Å²) in [4.78, 5) is 25.5. The Hall–Kier alpha value is -1.14. The van der Waals surface area contributed by atoms with E-state index in [2.05, 4.69) is 5.32 Å². The molecule has 0 aromatic carbocycles. The van der Waals surface area contributed by atoms with Gasteiger partial charge in [-0.15, -0.1) is 0 Å². The van der Waals surface area contributed by atoms with Crippen molar-refractivity contribution in [3.63, 3.8) is 0 Å². The monoisotopic (exact) mass is 286 g/mol. The first-order valence-electron chi connectivity index (χ1n) is 7.20. The average Bonchev–Trinajstić information content (AvgIpc) is 2.36. The summed E-state index contributed by atoms with van der Waals surface area (Å²) in [7, 11) is 1.32. The quantitative estimate of drug-likeness (QED) is 0.679. The number of β-amino-alcohol motifs (C(OH)–C–C–N with tert-alkyl or cyclic N) is 1. The van der Waals surface area contributed by atoms with Crippen LogP contribution in [-0.4, -0.2) is 60.8 Å². The molecular formula is C14H26N2O4. The molecule has 0 aromatic rings. The normalized spacial score (nSPS) is 21.6. The van der Waals surface area contributed by atoms with Crippen LogP contribution in [-0.2, 0) is 14.3 Å². The Morgan fingerprint density at radius 1 is 1.45 bits per heavy atom. The maximum Gasteiger partial charge on any atom is 0.328 e. The molecule has 20 heavy (non-hydrogen) atoms. The molecule has 1 saturated heterocycles. The van der Waals surface area contributed by atoms with Crippen LogP contribution in [0.15, 0.2) is 0 Å². The zero-order valence-corrected chi connectivity index (χ0v) is 12.6. The van der Waals surface area contributed by atoms with E-state index in [0.29, 0.717) is 13.0 Å². The molecule has 0 radical (unpaired) electrons. The molecule has 1 aliphatic rings. The molecule has 0 saturated carbocycles. The van der Waals surface area contributed by atoms with Gasteiger partial charge in [0.2, 0.25) is 5.91 Å². The molecule has 1 aliphatic heterocycles. The number of amides is 1.